The number of alkyl halides is 3. The summed E-state index contributed by atoms with van der Waals surface area (Å²) in [5.74, 6) is -0.812. The van der Waals surface area contributed by atoms with Gasteiger partial charge in [-0.3, -0.25) is 14.5 Å². The minimum absolute atomic E-state index is 0.0115. The Labute approximate surface area is 254 Å². The van der Waals surface area contributed by atoms with Gasteiger partial charge in [-0.2, -0.15) is 22.6 Å². The number of nitrogens with zero attached hydrogens (tertiary/aromatic N) is 8. The molecule has 3 aliphatic carbocycles. The summed E-state index contributed by atoms with van der Waals surface area (Å²) in [6.45, 7) is 0. The van der Waals surface area contributed by atoms with Gasteiger partial charge in [-0.25, -0.2) is 27.5 Å². The maximum absolute atomic E-state index is 14.5. The molecular formula is C29H26F4N8O3S. The van der Waals surface area contributed by atoms with E-state index >= 15 is 0 Å². The average molecular weight is 643 g/mol. The maximum atomic E-state index is 14.5. The molecular weight excluding hydrogens is 616 g/mol. The van der Waals surface area contributed by atoms with E-state index in [2.05, 4.69) is 25.1 Å². The average Bonchev–Trinajstić information content (AvgIpc) is 3.59. The molecule has 2 fully saturated rings. The Hall–Kier alpha value is -4.31. The Morgan fingerprint density at radius 3 is 2.53 bits per heavy atom. The first-order valence-corrected chi connectivity index (χ1v) is 15.7. The van der Waals surface area contributed by atoms with Crippen molar-refractivity contribution in [3.63, 3.8) is 0 Å². The number of rotatable bonds is 7. The monoisotopic (exact) mass is 642 g/mol. The number of ketones is 1. The first-order chi connectivity index (χ1) is 21.4. The normalized spacial score (nSPS) is 21.7. The molecule has 2 saturated carbocycles. The summed E-state index contributed by atoms with van der Waals surface area (Å²) in [5.41, 5.74) is -0.934. The van der Waals surface area contributed by atoms with E-state index in [0.29, 0.717) is 41.9 Å². The highest BCUT2D eigenvalue weighted by Crippen LogP contribution is 2.52. The summed E-state index contributed by atoms with van der Waals surface area (Å²) in [7, 11) is -2.60. The number of sulfonamides is 1. The number of aryl methyl sites for hydroxylation is 1. The van der Waals surface area contributed by atoms with Gasteiger partial charge < -0.3 is 0 Å². The van der Waals surface area contributed by atoms with Crippen molar-refractivity contribution in [3.05, 3.63) is 83.1 Å². The minimum atomic E-state index is -4.70. The molecule has 45 heavy (non-hydrogen) atoms. The highest BCUT2D eigenvalue weighted by molar-refractivity contribution is 7.89. The van der Waals surface area contributed by atoms with E-state index in [1.54, 1.807) is 19.3 Å². The fourth-order valence-corrected chi connectivity index (χ4v) is 8.28. The van der Waals surface area contributed by atoms with Crippen molar-refractivity contribution >= 4 is 21.9 Å². The van der Waals surface area contributed by atoms with Crippen LogP contribution in [0.1, 0.15) is 59.4 Å². The van der Waals surface area contributed by atoms with Gasteiger partial charge >= 0.3 is 6.18 Å². The summed E-state index contributed by atoms with van der Waals surface area (Å²) in [6.07, 6.45) is 3.88. The molecule has 0 bridgehead atoms. The van der Waals surface area contributed by atoms with Gasteiger partial charge in [-0.05, 0) is 74.4 Å². The number of halogens is 4. The van der Waals surface area contributed by atoms with Gasteiger partial charge in [0.15, 0.2) is 11.6 Å². The summed E-state index contributed by atoms with van der Waals surface area (Å²) in [6, 6.07) is 3.28. The largest absolute Gasteiger partial charge is 0.416 e. The number of carbonyl (C=O) groups excluding carboxylic acids is 1. The molecule has 3 aliphatic rings. The third-order valence-electron chi connectivity index (χ3n) is 8.67. The maximum Gasteiger partial charge on any atom is 0.416 e. The molecule has 0 spiro atoms. The molecule has 4 aromatic heterocycles. The van der Waals surface area contributed by atoms with Crippen LogP contribution in [0.3, 0.4) is 0 Å². The van der Waals surface area contributed by atoms with Gasteiger partial charge in [-0.1, -0.05) is 5.57 Å². The van der Waals surface area contributed by atoms with Crippen LogP contribution >= 0.6 is 0 Å². The molecule has 0 N–H and O–H groups in total. The number of allylic oxidation sites excluding steroid dienone is 1. The Bertz CT molecular complexity index is 1950. The lowest BCUT2D eigenvalue weighted by Crippen LogP contribution is -2.51. The van der Waals surface area contributed by atoms with Crippen LogP contribution in [-0.2, 0) is 29.7 Å². The number of aromatic nitrogens is 7. The van der Waals surface area contributed by atoms with Crippen molar-refractivity contribution < 1.29 is 30.8 Å². The van der Waals surface area contributed by atoms with E-state index in [0.717, 1.165) is 24.5 Å². The summed E-state index contributed by atoms with van der Waals surface area (Å²) in [4.78, 5) is 26.6. The van der Waals surface area contributed by atoms with Crippen molar-refractivity contribution in [2.45, 2.75) is 61.9 Å². The fraction of sp³-hybridized carbons (Fsp3) is 0.379. The van der Waals surface area contributed by atoms with Gasteiger partial charge in [0.25, 0.3) is 15.2 Å². The van der Waals surface area contributed by atoms with E-state index in [1.165, 1.54) is 32.1 Å². The van der Waals surface area contributed by atoms with Crippen LogP contribution in [0.2, 0.25) is 0 Å². The van der Waals surface area contributed by atoms with Gasteiger partial charge in [0.1, 0.15) is 17.8 Å². The van der Waals surface area contributed by atoms with Crippen molar-refractivity contribution in [1.29, 1.82) is 0 Å². The van der Waals surface area contributed by atoms with Crippen molar-refractivity contribution in [2.75, 3.05) is 0 Å². The van der Waals surface area contributed by atoms with Crippen LogP contribution in [0.5, 0.6) is 0 Å². The highest BCUT2D eigenvalue weighted by Gasteiger charge is 2.54. The van der Waals surface area contributed by atoms with Gasteiger partial charge in [0.05, 0.1) is 29.1 Å². The van der Waals surface area contributed by atoms with Crippen LogP contribution in [0.4, 0.5) is 17.6 Å². The SMILES string of the molecule is Cn1cnc(S(=O)(=O)N(C2CC2)[C@H]2CCC3=Cc4c(cnn4-c4ccc(F)cn4)C[C@]3(C(=O)c3cc(C(F)(F)F)ccn3)C2)n1. The molecule has 4 heterocycles. The lowest BCUT2D eigenvalue weighted by atomic mass is 9.60. The number of fused-ring (bicyclic) bond motifs is 2. The summed E-state index contributed by atoms with van der Waals surface area (Å²) >= 11 is 0. The molecule has 0 saturated heterocycles. The third kappa shape index (κ3) is 5.05. The zero-order chi connectivity index (χ0) is 31.7. The minimum Gasteiger partial charge on any atom is -0.291 e. The third-order valence-corrected chi connectivity index (χ3v) is 10.5. The van der Waals surface area contributed by atoms with Crippen molar-refractivity contribution in [1.82, 2.24) is 38.8 Å². The molecule has 4 aromatic rings. The molecule has 2 atom stereocenters. The van der Waals surface area contributed by atoms with Crippen LogP contribution < -0.4 is 0 Å². The second-order valence-electron chi connectivity index (χ2n) is 11.7. The lowest BCUT2D eigenvalue weighted by Gasteiger charge is -2.46. The Morgan fingerprint density at radius 1 is 1.07 bits per heavy atom. The quantitative estimate of drug-likeness (QED) is 0.217. The summed E-state index contributed by atoms with van der Waals surface area (Å²) < 4.78 is 86.5. The van der Waals surface area contributed by atoms with Crippen LogP contribution in [0.25, 0.3) is 11.9 Å². The lowest BCUT2D eigenvalue weighted by molar-refractivity contribution is -0.137. The molecule has 0 aliphatic heterocycles. The number of Topliss-reactive ketones (excluding diaryl/α,β-unsaturated/α-hetero) is 1. The predicted molar refractivity (Wildman–Crippen MR) is 150 cm³/mol. The zero-order valence-corrected chi connectivity index (χ0v) is 24.6. The van der Waals surface area contributed by atoms with Crippen LogP contribution in [0, 0.1) is 11.2 Å². The highest BCUT2D eigenvalue weighted by atomic mass is 32.2. The Kier molecular flexibility index (Phi) is 6.78. The zero-order valence-electron chi connectivity index (χ0n) is 23.8. The second-order valence-corrected chi connectivity index (χ2v) is 13.4. The van der Waals surface area contributed by atoms with Crippen molar-refractivity contribution in [3.8, 4) is 5.82 Å². The van der Waals surface area contributed by atoms with E-state index in [-0.39, 0.29) is 36.2 Å². The smallest absolute Gasteiger partial charge is 0.291 e. The predicted octanol–water partition coefficient (Wildman–Crippen LogP) is 4.16. The summed E-state index contributed by atoms with van der Waals surface area (Å²) in [5, 5.41) is 8.11. The van der Waals surface area contributed by atoms with Crippen molar-refractivity contribution in [2.24, 2.45) is 12.5 Å². The first kappa shape index (κ1) is 29.4. The number of pyridine rings is 2. The molecule has 0 aromatic carbocycles. The molecule has 234 valence electrons. The second kappa shape index (κ2) is 10.4. The van der Waals surface area contributed by atoms with Gasteiger partial charge in [-0.15, -0.1) is 5.10 Å². The van der Waals surface area contributed by atoms with E-state index in [1.807, 2.05) is 0 Å². The Balaban J connectivity index is 1.33. The van der Waals surface area contributed by atoms with Gasteiger partial charge in [0, 0.05) is 25.3 Å². The molecule has 0 radical (unpaired) electrons. The fourth-order valence-electron chi connectivity index (χ4n) is 6.50. The molecule has 7 rings (SSSR count). The Morgan fingerprint density at radius 2 is 1.87 bits per heavy atom. The van der Waals surface area contributed by atoms with Crippen LogP contribution in [-0.4, -0.2) is 65.1 Å². The topological polar surface area (TPSA) is 129 Å². The van der Waals surface area contributed by atoms with E-state index in [4.69, 9.17) is 0 Å². The standard InChI is InChI=1S/C29H26F4N8O3S/c1-39-16-36-27(38-39)45(43,44)41(21-5-6-21)22-4-2-18-11-24-17(14-37-40(24)25-7-3-20(30)15-35-25)12-28(18,13-22)26(42)23-10-19(8-9-34-23)29(31,32)33/h3,7-11,14-16,21-22H,2,4-6,12-13H2,1H3/t22-,28-/m0/s1. The molecule has 16 heteroatoms. The first-order valence-electron chi connectivity index (χ1n) is 14.2. The number of hydrogen-bond donors (Lipinski definition) is 0. The number of hydrogen-bond acceptors (Lipinski definition) is 8. The molecule has 11 nitrogen and oxygen atoms in total. The van der Waals surface area contributed by atoms with E-state index < -0.39 is 44.8 Å². The van der Waals surface area contributed by atoms with Gasteiger partial charge in [0.2, 0.25) is 0 Å². The van der Waals surface area contributed by atoms with E-state index in [9.17, 15) is 30.8 Å². The van der Waals surface area contributed by atoms with Crippen LogP contribution in [0.15, 0.2) is 59.9 Å². The number of carbonyl (C=O) groups is 1. The molecule has 0 unspecified atom stereocenters. The molecule has 0 amide bonds.